The molecule has 1 aromatic rings. The molecule has 2 unspecified atom stereocenters. The summed E-state index contributed by atoms with van der Waals surface area (Å²) < 4.78 is 0. The highest BCUT2D eigenvalue weighted by Gasteiger charge is 2.28. The van der Waals surface area contributed by atoms with Crippen molar-refractivity contribution in [3.63, 3.8) is 0 Å². The Morgan fingerprint density at radius 1 is 1.53 bits per heavy atom. The molecule has 0 aliphatic heterocycles. The van der Waals surface area contributed by atoms with Crippen molar-refractivity contribution in [1.82, 2.24) is 4.90 Å². The highest BCUT2D eigenvalue weighted by atomic mass is 32.1. The zero-order valence-electron chi connectivity index (χ0n) is 9.52. The van der Waals surface area contributed by atoms with Gasteiger partial charge < -0.3 is 10.0 Å². The van der Waals surface area contributed by atoms with E-state index in [4.69, 9.17) is 5.11 Å². The number of carbonyl (C=O) groups is 1. The Hall–Kier alpha value is -0.870. The van der Waals surface area contributed by atoms with Gasteiger partial charge in [-0.05, 0) is 38.0 Å². The van der Waals surface area contributed by atoms with Crippen molar-refractivity contribution < 1.29 is 9.90 Å². The van der Waals surface area contributed by atoms with Crippen LogP contribution >= 0.6 is 11.3 Å². The molecule has 1 N–H and O–H groups in total. The van der Waals surface area contributed by atoms with Gasteiger partial charge in [-0.15, -0.1) is 11.3 Å². The van der Waals surface area contributed by atoms with Crippen LogP contribution < -0.4 is 0 Å². The van der Waals surface area contributed by atoms with Crippen LogP contribution in [0.4, 0.5) is 0 Å². The largest absolute Gasteiger partial charge is 0.481 e. The van der Waals surface area contributed by atoms with Gasteiger partial charge in [-0.3, -0.25) is 4.79 Å². The van der Waals surface area contributed by atoms with Crippen molar-refractivity contribution >= 4 is 17.3 Å². The van der Waals surface area contributed by atoms with Crippen molar-refractivity contribution in [2.45, 2.75) is 19.9 Å². The minimum Gasteiger partial charge on any atom is -0.481 e. The van der Waals surface area contributed by atoms with E-state index in [2.05, 4.69) is 0 Å². The molecular formula is C11H17NO2S. The van der Waals surface area contributed by atoms with Gasteiger partial charge in [-0.2, -0.15) is 0 Å². The van der Waals surface area contributed by atoms with Gasteiger partial charge >= 0.3 is 5.97 Å². The van der Waals surface area contributed by atoms with Crippen LogP contribution in [0.5, 0.6) is 0 Å². The van der Waals surface area contributed by atoms with Crippen LogP contribution in [0.3, 0.4) is 0 Å². The van der Waals surface area contributed by atoms with Crippen molar-refractivity contribution in [2.75, 3.05) is 14.1 Å². The van der Waals surface area contributed by atoms with Crippen molar-refractivity contribution in [1.29, 1.82) is 0 Å². The Labute approximate surface area is 94.3 Å². The summed E-state index contributed by atoms with van der Waals surface area (Å²) >= 11 is 1.63. The van der Waals surface area contributed by atoms with Crippen LogP contribution in [0.15, 0.2) is 11.4 Å². The first-order valence-corrected chi connectivity index (χ1v) is 5.76. The Kier molecular flexibility index (Phi) is 3.88. The van der Waals surface area contributed by atoms with E-state index in [1.807, 2.05) is 37.4 Å². The fourth-order valence-corrected chi connectivity index (χ4v) is 2.96. The van der Waals surface area contributed by atoms with E-state index in [0.717, 1.165) is 4.88 Å². The lowest BCUT2D eigenvalue weighted by molar-refractivity contribution is -0.143. The van der Waals surface area contributed by atoms with E-state index in [1.165, 1.54) is 5.56 Å². The van der Waals surface area contributed by atoms with Crippen LogP contribution in [-0.4, -0.2) is 30.1 Å². The number of hydrogen-bond donors (Lipinski definition) is 1. The van der Waals surface area contributed by atoms with E-state index in [9.17, 15) is 4.79 Å². The van der Waals surface area contributed by atoms with Crippen LogP contribution in [0, 0.1) is 12.8 Å². The Balaban J connectivity index is 3.04. The normalized spacial score (nSPS) is 15.3. The molecule has 1 heterocycles. The van der Waals surface area contributed by atoms with E-state index >= 15 is 0 Å². The molecule has 15 heavy (non-hydrogen) atoms. The van der Waals surface area contributed by atoms with Gasteiger partial charge in [0.2, 0.25) is 0 Å². The molecule has 0 aromatic carbocycles. The number of rotatable bonds is 4. The second-order valence-corrected chi connectivity index (χ2v) is 4.95. The summed E-state index contributed by atoms with van der Waals surface area (Å²) in [5, 5.41) is 11.1. The summed E-state index contributed by atoms with van der Waals surface area (Å²) in [5.41, 5.74) is 1.17. The molecule has 1 rings (SSSR count). The van der Waals surface area contributed by atoms with Crippen molar-refractivity contribution in [3.05, 3.63) is 21.9 Å². The number of thiophene rings is 1. The van der Waals surface area contributed by atoms with Crippen LogP contribution in [-0.2, 0) is 4.79 Å². The third-order valence-electron chi connectivity index (χ3n) is 2.59. The molecule has 1 aromatic heterocycles. The molecule has 4 heteroatoms. The highest BCUT2D eigenvalue weighted by Crippen LogP contribution is 2.33. The zero-order valence-corrected chi connectivity index (χ0v) is 10.3. The zero-order chi connectivity index (χ0) is 11.6. The van der Waals surface area contributed by atoms with E-state index in [-0.39, 0.29) is 6.04 Å². The van der Waals surface area contributed by atoms with Gasteiger partial charge in [0.25, 0.3) is 0 Å². The summed E-state index contributed by atoms with van der Waals surface area (Å²) in [6.07, 6.45) is 0. The van der Waals surface area contributed by atoms with Gasteiger partial charge in [0.15, 0.2) is 0 Å². The fraction of sp³-hybridized carbons (Fsp3) is 0.545. The van der Waals surface area contributed by atoms with Crippen LogP contribution in [0.25, 0.3) is 0 Å². The lowest BCUT2D eigenvalue weighted by Crippen LogP contribution is -2.30. The van der Waals surface area contributed by atoms with Crippen molar-refractivity contribution in [3.8, 4) is 0 Å². The molecular weight excluding hydrogens is 210 g/mol. The van der Waals surface area contributed by atoms with Gasteiger partial charge in [0.05, 0.1) is 12.0 Å². The lowest BCUT2D eigenvalue weighted by Gasteiger charge is -2.27. The lowest BCUT2D eigenvalue weighted by atomic mass is 9.98. The van der Waals surface area contributed by atoms with E-state index in [1.54, 1.807) is 18.3 Å². The maximum absolute atomic E-state index is 11.0. The van der Waals surface area contributed by atoms with Gasteiger partial charge in [0, 0.05) is 4.88 Å². The molecule has 0 aliphatic rings. The predicted molar refractivity (Wildman–Crippen MR) is 62.3 cm³/mol. The first kappa shape index (κ1) is 12.2. The number of aryl methyl sites for hydroxylation is 1. The minimum absolute atomic E-state index is 0.0394. The summed E-state index contributed by atoms with van der Waals surface area (Å²) in [4.78, 5) is 14.1. The first-order chi connectivity index (χ1) is 6.95. The third kappa shape index (κ3) is 2.58. The number of aliphatic carboxylic acids is 1. The standard InChI is InChI=1S/C11H17NO2S/c1-7-5-6-15-10(7)9(12(3)4)8(2)11(13)14/h5-6,8-9H,1-4H3,(H,13,14). The molecule has 0 spiro atoms. The Morgan fingerprint density at radius 3 is 2.47 bits per heavy atom. The molecule has 3 nitrogen and oxygen atoms in total. The monoisotopic (exact) mass is 227 g/mol. The highest BCUT2D eigenvalue weighted by molar-refractivity contribution is 7.10. The number of hydrogen-bond acceptors (Lipinski definition) is 3. The second kappa shape index (κ2) is 4.77. The average molecular weight is 227 g/mol. The van der Waals surface area contributed by atoms with E-state index < -0.39 is 11.9 Å². The quantitative estimate of drug-likeness (QED) is 0.858. The summed E-state index contributed by atoms with van der Waals surface area (Å²) in [7, 11) is 3.84. The first-order valence-electron chi connectivity index (χ1n) is 4.88. The second-order valence-electron chi connectivity index (χ2n) is 4.00. The van der Waals surface area contributed by atoms with E-state index in [0.29, 0.717) is 0 Å². The number of carboxylic acid groups (broad SMARTS) is 1. The Bertz CT molecular complexity index is 346. The molecule has 0 amide bonds. The van der Waals surface area contributed by atoms with Crippen LogP contribution in [0.2, 0.25) is 0 Å². The smallest absolute Gasteiger partial charge is 0.308 e. The molecule has 0 fully saturated rings. The molecule has 0 radical (unpaired) electrons. The van der Waals surface area contributed by atoms with Gasteiger partial charge in [0.1, 0.15) is 0 Å². The molecule has 0 bridgehead atoms. The maximum Gasteiger partial charge on any atom is 0.308 e. The fourth-order valence-electron chi connectivity index (χ4n) is 1.73. The number of nitrogens with zero attached hydrogens (tertiary/aromatic N) is 1. The van der Waals surface area contributed by atoms with Crippen LogP contribution in [0.1, 0.15) is 23.4 Å². The number of carboxylic acids is 1. The SMILES string of the molecule is Cc1ccsc1C(C(C)C(=O)O)N(C)C. The van der Waals surface area contributed by atoms with Crippen molar-refractivity contribution in [2.24, 2.45) is 5.92 Å². The third-order valence-corrected chi connectivity index (χ3v) is 3.68. The Morgan fingerprint density at radius 2 is 2.13 bits per heavy atom. The predicted octanol–water partition coefficient (Wildman–Crippen LogP) is 2.38. The molecule has 0 aliphatic carbocycles. The molecule has 2 atom stereocenters. The van der Waals surface area contributed by atoms with Gasteiger partial charge in [-0.1, -0.05) is 6.92 Å². The molecule has 0 saturated heterocycles. The minimum atomic E-state index is -0.749. The average Bonchev–Trinajstić information content (AvgIpc) is 2.52. The summed E-state index contributed by atoms with van der Waals surface area (Å²) in [6, 6.07) is 1.99. The summed E-state index contributed by atoms with van der Waals surface area (Å²) in [6.45, 7) is 3.78. The maximum atomic E-state index is 11.0. The molecule has 84 valence electrons. The summed E-state index contributed by atoms with van der Waals surface area (Å²) in [5.74, 6) is -1.14. The topological polar surface area (TPSA) is 40.5 Å². The van der Waals surface area contributed by atoms with Gasteiger partial charge in [-0.25, -0.2) is 0 Å². The molecule has 0 saturated carbocycles.